The van der Waals surface area contributed by atoms with Gasteiger partial charge in [0.05, 0.1) is 5.60 Å². The zero-order valence-corrected chi connectivity index (χ0v) is 11.4. The summed E-state index contributed by atoms with van der Waals surface area (Å²) in [5.41, 5.74) is 1.39. The number of rotatable bonds is 4. The van der Waals surface area contributed by atoms with Gasteiger partial charge in [0.1, 0.15) is 0 Å². The third-order valence-corrected chi connectivity index (χ3v) is 3.66. The van der Waals surface area contributed by atoms with Crippen molar-refractivity contribution in [3.05, 3.63) is 23.3 Å². The van der Waals surface area contributed by atoms with Gasteiger partial charge in [-0.1, -0.05) is 17.7 Å². The van der Waals surface area contributed by atoms with Crippen molar-refractivity contribution in [1.82, 2.24) is 0 Å². The van der Waals surface area contributed by atoms with E-state index >= 15 is 0 Å². The second-order valence-corrected chi connectivity index (χ2v) is 5.62. The summed E-state index contributed by atoms with van der Waals surface area (Å²) >= 11 is 0. The minimum absolute atomic E-state index is 0.0734. The molecule has 2 nitrogen and oxygen atoms in total. The highest BCUT2D eigenvalue weighted by atomic mass is 16.3. The predicted molar refractivity (Wildman–Crippen MR) is 70.8 cm³/mol. The molecule has 0 aliphatic heterocycles. The maximum absolute atomic E-state index is 11.6. The van der Waals surface area contributed by atoms with E-state index in [4.69, 9.17) is 0 Å². The molecule has 96 valence electrons. The molecule has 0 fully saturated rings. The van der Waals surface area contributed by atoms with Crippen LogP contribution in [0.5, 0.6) is 0 Å². The summed E-state index contributed by atoms with van der Waals surface area (Å²) in [6, 6.07) is 0. The Morgan fingerprint density at radius 3 is 2.76 bits per heavy atom. The Hall–Kier alpha value is -0.890. The molecule has 0 saturated heterocycles. The molecule has 0 heterocycles. The van der Waals surface area contributed by atoms with Crippen molar-refractivity contribution in [3.8, 4) is 0 Å². The number of carbonyl (C=O) groups is 1. The first-order valence-electron chi connectivity index (χ1n) is 6.38. The Morgan fingerprint density at radius 1 is 1.59 bits per heavy atom. The van der Waals surface area contributed by atoms with Crippen LogP contribution in [0.15, 0.2) is 23.3 Å². The summed E-state index contributed by atoms with van der Waals surface area (Å²) in [6.45, 7) is 7.84. The molecule has 1 rings (SSSR count). The molecule has 0 saturated carbocycles. The van der Waals surface area contributed by atoms with Gasteiger partial charge in [-0.2, -0.15) is 0 Å². The highest BCUT2D eigenvalue weighted by Crippen LogP contribution is 2.33. The molecule has 0 aromatic heterocycles. The zero-order valence-electron chi connectivity index (χ0n) is 11.4. The molecule has 0 bridgehead atoms. The highest BCUT2D eigenvalue weighted by Gasteiger charge is 2.34. The smallest absolute Gasteiger partial charge is 0.158 e. The van der Waals surface area contributed by atoms with Crippen LogP contribution in [0.1, 0.15) is 53.4 Å². The molecule has 0 aromatic carbocycles. The van der Waals surface area contributed by atoms with Crippen molar-refractivity contribution in [2.24, 2.45) is 5.92 Å². The number of allylic oxidation sites excluding steroid dienone is 4. The van der Waals surface area contributed by atoms with Gasteiger partial charge < -0.3 is 5.11 Å². The standard InChI is InChI=1S/C15H24O2/c1-11(2)6-5-9-15(4,17)13-8-7-12(3)14(16)10-13/h6-7,13,17H,5,8-10H2,1-4H3/t13-,15-/m1/s1. The van der Waals surface area contributed by atoms with Crippen LogP contribution in [0.3, 0.4) is 0 Å². The van der Waals surface area contributed by atoms with Gasteiger partial charge in [0.15, 0.2) is 5.78 Å². The minimum Gasteiger partial charge on any atom is -0.390 e. The SMILES string of the molecule is CC(C)=CCC[C@@](C)(O)[C@@H]1CC=C(C)C(=O)C1. The van der Waals surface area contributed by atoms with Crippen molar-refractivity contribution < 1.29 is 9.90 Å². The number of Topliss-reactive ketones (excluding diaryl/α,β-unsaturated/α-hetero) is 1. The first-order valence-corrected chi connectivity index (χ1v) is 6.38. The van der Waals surface area contributed by atoms with Crippen LogP contribution < -0.4 is 0 Å². The van der Waals surface area contributed by atoms with Gasteiger partial charge in [0.25, 0.3) is 0 Å². The van der Waals surface area contributed by atoms with E-state index < -0.39 is 5.60 Å². The maximum atomic E-state index is 11.6. The Labute approximate surface area is 104 Å². The summed E-state index contributed by atoms with van der Waals surface area (Å²) in [6.07, 6.45) is 7.02. The normalized spacial score (nSPS) is 23.9. The van der Waals surface area contributed by atoms with Crippen LogP contribution in [-0.2, 0) is 4.79 Å². The van der Waals surface area contributed by atoms with E-state index in [9.17, 15) is 9.90 Å². The predicted octanol–water partition coefficient (Wildman–Crippen LogP) is 3.41. The molecule has 1 N–H and O–H groups in total. The minimum atomic E-state index is -0.737. The molecule has 0 spiro atoms. The fraction of sp³-hybridized carbons (Fsp3) is 0.667. The van der Waals surface area contributed by atoms with E-state index in [0.717, 1.165) is 24.8 Å². The largest absolute Gasteiger partial charge is 0.390 e. The second-order valence-electron chi connectivity index (χ2n) is 5.62. The van der Waals surface area contributed by atoms with Crippen molar-refractivity contribution in [1.29, 1.82) is 0 Å². The van der Waals surface area contributed by atoms with Crippen molar-refractivity contribution >= 4 is 5.78 Å². The fourth-order valence-corrected chi connectivity index (χ4v) is 2.23. The molecule has 2 atom stereocenters. The Kier molecular flexibility index (Phi) is 4.70. The second kappa shape index (κ2) is 5.63. The van der Waals surface area contributed by atoms with E-state index in [2.05, 4.69) is 19.9 Å². The van der Waals surface area contributed by atoms with Crippen LogP contribution in [0, 0.1) is 5.92 Å². The third kappa shape index (κ3) is 4.12. The third-order valence-electron chi connectivity index (χ3n) is 3.66. The summed E-state index contributed by atoms with van der Waals surface area (Å²) < 4.78 is 0. The Bertz CT molecular complexity index is 344. The molecule has 0 amide bonds. The van der Waals surface area contributed by atoms with Crippen LogP contribution >= 0.6 is 0 Å². The Balaban J connectivity index is 2.59. The van der Waals surface area contributed by atoms with Crippen LogP contribution in [0.4, 0.5) is 0 Å². The van der Waals surface area contributed by atoms with Gasteiger partial charge in [-0.15, -0.1) is 0 Å². The topological polar surface area (TPSA) is 37.3 Å². The van der Waals surface area contributed by atoms with Crippen molar-refractivity contribution in [2.45, 2.75) is 59.0 Å². The number of aliphatic hydroxyl groups is 1. The number of ketones is 1. The number of hydrogen-bond donors (Lipinski definition) is 1. The molecule has 2 heteroatoms. The average Bonchev–Trinajstić information content (AvgIpc) is 2.21. The van der Waals surface area contributed by atoms with E-state index in [1.165, 1.54) is 5.57 Å². The van der Waals surface area contributed by atoms with Crippen LogP contribution in [0.25, 0.3) is 0 Å². The summed E-state index contributed by atoms with van der Waals surface area (Å²) in [4.78, 5) is 11.6. The number of carbonyl (C=O) groups excluding carboxylic acids is 1. The van der Waals surface area contributed by atoms with Gasteiger partial charge >= 0.3 is 0 Å². The van der Waals surface area contributed by atoms with Gasteiger partial charge in [0.2, 0.25) is 0 Å². The monoisotopic (exact) mass is 236 g/mol. The Morgan fingerprint density at radius 2 is 2.24 bits per heavy atom. The van der Waals surface area contributed by atoms with E-state index in [-0.39, 0.29) is 11.7 Å². The first-order chi connectivity index (χ1) is 7.83. The summed E-state index contributed by atoms with van der Waals surface area (Å²) in [7, 11) is 0. The van der Waals surface area contributed by atoms with Gasteiger partial charge in [-0.05, 0) is 58.4 Å². The zero-order chi connectivity index (χ0) is 13.1. The van der Waals surface area contributed by atoms with Crippen LogP contribution in [0.2, 0.25) is 0 Å². The summed E-state index contributed by atoms with van der Waals surface area (Å²) in [5, 5.41) is 10.4. The molecular weight excluding hydrogens is 212 g/mol. The molecule has 1 aliphatic rings. The fourth-order valence-electron chi connectivity index (χ4n) is 2.23. The van der Waals surface area contributed by atoms with E-state index in [1.54, 1.807) is 0 Å². The van der Waals surface area contributed by atoms with Crippen molar-refractivity contribution in [3.63, 3.8) is 0 Å². The molecule has 1 aliphatic carbocycles. The molecule has 0 unspecified atom stereocenters. The highest BCUT2D eigenvalue weighted by molar-refractivity contribution is 5.95. The lowest BCUT2D eigenvalue weighted by Gasteiger charge is -2.34. The quantitative estimate of drug-likeness (QED) is 0.759. The molecule has 0 aromatic rings. The lowest BCUT2D eigenvalue weighted by molar-refractivity contribution is -0.119. The van der Waals surface area contributed by atoms with Gasteiger partial charge in [-0.25, -0.2) is 0 Å². The van der Waals surface area contributed by atoms with Crippen LogP contribution in [-0.4, -0.2) is 16.5 Å². The maximum Gasteiger partial charge on any atom is 0.158 e. The lowest BCUT2D eigenvalue weighted by atomic mass is 9.76. The summed E-state index contributed by atoms with van der Waals surface area (Å²) in [5.74, 6) is 0.257. The molecular formula is C15H24O2. The number of hydrogen-bond acceptors (Lipinski definition) is 2. The first kappa shape index (κ1) is 14.2. The van der Waals surface area contributed by atoms with Crippen molar-refractivity contribution in [2.75, 3.05) is 0 Å². The van der Waals surface area contributed by atoms with Gasteiger partial charge in [-0.3, -0.25) is 4.79 Å². The van der Waals surface area contributed by atoms with Gasteiger partial charge in [0, 0.05) is 6.42 Å². The van der Waals surface area contributed by atoms with E-state index in [1.807, 2.05) is 19.9 Å². The molecule has 17 heavy (non-hydrogen) atoms. The lowest BCUT2D eigenvalue weighted by Crippen LogP contribution is -2.37. The molecule has 0 radical (unpaired) electrons. The average molecular weight is 236 g/mol. The van der Waals surface area contributed by atoms with E-state index in [0.29, 0.717) is 6.42 Å².